The highest BCUT2D eigenvalue weighted by atomic mass is 16.3. The van der Waals surface area contributed by atoms with E-state index < -0.39 is 12.0 Å². The first-order chi connectivity index (χ1) is 11.9. The van der Waals surface area contributed by atoms with Gasteiger partial charge in [-0.3, -0.25) is 4.79 Å². The molecule has 1 amide bonds. The number of primary amides is 1. The summed E-state index contributed by atoms with van der Waals surface area (Å²) in [5.41, 5.74) is 6.85. The van der Waals surface area contributed by atoms with E-state index in [-0.39, 0.29) is 23.1 Å². The molecule has 0 fully saturated rings. The summed E-state index contributed by atoms with van der Waals surface area (Å²) in [5, 5.41) is 32.4. The Balaban J connectivity index is 1.84. The van der Waals surface area contributed by atoms with Gasteiger partial charge in [0.1, 0.15) is 11.5 Å². The van der Waals surface area contributed by atoms with Gasteiger partial charge in [-0.2, -0.15) is 0 Å². The lowest BCUT2D eigenvalue weighted by Crippen LogP contribution is -2.31. The Morgan fingerprint density at radius 3 is 2.48 bits per heavy atom. The second-order valence-electron chi connectivity index (χ2n) is 6.17. The molecule has 2 rings (SSSR count). The van der Waals surface area contributed by atoms with Crippen molar-refractivity contribution < 1.29 is 20.1 Å². The summed E-state index contributed by atoms with van der Waals surface area (Å²) in [6, 6.07) is 11.6. The minimum Gasteiger partial charge on any atom is -0.508 e. The molecule has 25 heavy (non-hydrogen) atoms. The van der Waals surface area contributed by atoms with Crippen molar-refractivity contribution in [2.75, 3.05) is 6.54 Å². The summed E-state index contributed by atoms with van der Waals surface area (Å²) in [6.07, 6.45) is 0.921. The van der Waals surface area contributed by atoms with Gasteiger partial charge < -0.3 is 26.4 Å². The highest BCUT2D eigenvalue weighted by Gasteiger charge is 2.14. The van der Waals surface area contributed by atoms with Crippen molar-refractivity contribution in [2.24, 2.45) is 5.73 Å². The Labute approximate surface area is 146 Å². The Kier molecular flexibility index (Phi) is 6.38. The SMILES string of the molecule is CC(CCc1ccc(O)cc1)NCC(O)c1ccc(O)c(C(N)=O)c1. The van der Waals surface area contributed by atoms with E-state index in [9.17, 15) is 20.1 Å². The number of amides is 1. The third kappa shape index (κ3) is 5.48. The van der Waals surface area contributed by atoms with Crippen LogP contribution in [0.25, 0.3) is 0 Å². The quantitative estimate of drug-likeness (QED) is 0.501. The maximum absolute atomic E-state index is 11.3. The van der Waals surface area contributed by atoms with Crippen LogP contribution in [0.5, 0.6) is 11.5 Å². The first kappa shape index (κ1) is 18.8. The van der Waals surface area contributed by atoms with Gasteiger partial charge in [0.25, 0.3) is 5.91 Å². The standard InChI is InChI=1S/C19H24N2O4/c1-12(2-3-13-4-7-15(22)8-5-13)21-11-18(24)14-6-9-17(23)16(10-14)19(20)25/h4-10,12,18,21-24H,2-3,11H2,1H3,(H2,20,25). The number of aliphatic hydroxyl groups excluding tert-OH is 1. The predicted molar refractivity (Wildman–Crippen MR) is 95.5 cm³/mol. The van der Waals surface area contributed by atoms with Crippen LogP contribution in [-0.2, 0) is 6.42 Å². The van der Waals surface area contributed by atoms with E-state index in [0.717, 1.165) is 18.4 Å². The van der Waals surface area contributed by atoms with E-state index in [1.54, 1.807) is 18.2 Å². The van der Waals surface area contributed by atoms with Crippen LogP contribution < -0.4 is 11.1 Å². The van der Waals surface area contributed by atoms with Gasteiger partial charge in [0, 0.05) is 12.6 Å². The van der Waals surface area contributed by atoms with Crippen LogP contribution >= 0.6 is 0 Å². The lowest BCUT2D eigenvalue weighted by atomic mass is 10.0. The number of carbonyl (C=O) groups is 1. The number of aromatic hydroxyl groups is 2. The van der Waals surface area contributed by atoms with Crippen molar-refractivity contribution in [3.63, 3.8) is 0 Å². The fourth-order valence-electron chi connectivity index (χ4n) is 2.54. The highest BCUT2D eigenvalue weighted by molar-refractivity contribution is 5.95. The van der Waals surface area contributed by atoms with Gasteiger partial charge in [-0.15, -0.1) is 0 Å². The fraction of sp³-hybridized carbons (Fsp3) is 0.316. The summed E-state index contributed by atoms with van der Waals surface area (Å²) in [4.78, 5) is 11.3. The van der Waals surface area contributed by atoms with Crippen LogP contribution in [0.15, 0.2) is 42.5 Å². The molecule has 0 heterocycles. The lowest BCUT2D eigenvalue weighted by Gasteiger charge is -2.18. The largest absolute Gasteiger partial charge is 0.508 e. The minimum atomic E-state index is -0.810. The zero-order valence-corrected chi connectivity index (χ0v) is 14.1. The van der Waals surface area contributed by atoms with Crippen LogP contribution in [0.1, 0.15) is 40.9 Å². The van der Waals surface area contributed by atoms with E-state index in [2.05, 4.69) is 5.32 Å². The number of hydrogen-bond acceptors (Lipinski definition) is 5. The van der Waals surface area contributed by atoms with Gasteiger partial charge in [-0.25, -0.2) is 0 Å². The molecule has 0 aliphatic heterocycles. The molecule has 6 nitrogen and oxygen atoms in total. The molecule has 6 heteroatoms. The van der Waals surface area contributed by atoms with Crippen molar-refractivity contribution >= 4 is 5.91 Å². The maximum atomic E-state index is 11.3. The molecule has 6 N–H and O–H groups in total. The minimum absolute atomic E-state index is 0.00284. The third-order valence-corrected chi connectivity index (χ3v) is 4.13. The van der Waals surface area contributed by atoms with Crippen molar-refractivity contribution in [3.05, 3.63) is 59.2 Å². The molecule has 134 valence electrons. The number of nitrogens with one attached hydrogen (secondary N) is 1. The van der Waals surface area contributed by atoms with Crippen molar-refractivity contribution in [3.8, 4) is 11.5 Å². The van der Waals surface area contributed by atoms with Gasteiger partial charge in [0.15, 0.2) is 0 Å². The number of nitrogens with two attached hydrogens (primary N) is 1. The van der Waals surface area contributed by atoms with Gasteiger partial charge >= 0.3 is 0 Å². The predicted octanol–water partition coefficient (Wildman–Crippen LogP) is 1.84. The molecular weight excluding hydrogens is 320 g/mol. The second kappa shape index (κ2) is 8.50. The van der Waals surface area contributed by atoms with Gasteiger partial charge in [-0.1, -0.05) is 18.2 Å². The number of rotatable bonds is 8. The molecule has 2 aromatic rings. The molecule has 0 aliphatic carbocycles. The molecule has 2 unspecified atom stereocenters. The van der Waals surface area contributed by atoms with Crippen LogP contribution in [0.4, 0.5) is 0 Å². The Hall–Kier alpha value is -2.57. The van der Waals surface area contributed by atoms with E-state index in [4.69, 9.17) is 5.73 Å². The fourth-order valence-corrected chi connectivity index (χ4v) is 2.54. The van der Waals surface area contributed by atoms with E-state index >= 15 is 0 Å². The summed E-state index contributed by atoms with van der Waals surface area (Å²) >= 11 is 0. The molecule has 2 atom stereocenters. The second-order valence-corrected chi connectivity index (χ2v) is 6.17. The molecule has 0 aliphatic rings. The molecule has 0 saturated heterocycles. The molecular formula is C19H24N2O4. The number of aliphatic hydroxyl groups is 1. The summed E-state index contributed by atoms with van der Waals surface area (Å²) in [5.74, 6) is -0.678. The average molecular weight is 344 g/mol. The summed E-state index contributed by atoms with van der Waals surface area (Å²) < 4.78 is 0. The van der Waals surface area contributed by atoms with E-state index in [1.807, 2.05) is 19.1 Å². The smallest absolute Gasteiger partial charge is 0.252 e. The normalized spacial score (nSPS) is 13.4. The molecule has 0 spiro atoms. The van der Waals surface area contributed by atoms with Crippen molar-refractivity contribution in [2.45, 2.75) is 31.9 Å². The third-order valence-electron chi connectivity index (χ3n) is 4.13. The first-order valence-electron chi connectivity index (χ1n) is 8.19. The topological polar surface area (TPSA) is 116 Å². The molecule has 0 radical (unpaired) electrons. The first-order valence-corrected chi connectivity index (χ1v) is 8.19. The van der Waals surface area contributed by atoms with Gasteiger partial charge in [0.2, 0.25) is 0 Å². The number of benzene rings is 2. The number of aryl methyl sites for hydroxylation is 1. The molecule has 2 aromatic carbocycles. The lowest BCUT2D eigenvalue weighted by molar-refractivity contribution is 0.0997. The Morgan fingerprint density at radius 2 is 1.84 bits per heavy atom. The molecule has 0 aromatic heterocycles. The van der Waals surface area contributed by atoms with Crippen LogP contribution in [0.2, 0.25) is 0 Å². The van der Waals surface area contributed by atoms with Crippen LogP contribution in [0, 0.1) is 0 Å². The maximum Gasteiger partial charge on any atom is 0.252 e. The van der Waals surface area contributed by atoms with E-state index in [1.165, 1.54) is 12.1 Å². The zero-order valence-electron chi connectivity index (χ0n) is 14.1. The molecule has 0 saturated carbocycles. The Bertz CT molecular complexity index is 716. The zero-order chi connectivity index (χ0) is 18.4. The number of phenols is 2. The average Bonchev–Trinajstić information content (AvgIpc) is 2.59. The number of phenolic OH excluding ortho intramolecular Hbond substituents is 1. The summed E-state index contributed by atoms with van der Waals surface area (Å²) in [7, 11) is 0. The number of carbonyl (C=O) groups excluding carboxylic acids is 1. The van der Waals surface area contributed by atoms with Crippen molar-refractivity contribution in [1.29, 1.82) is 0 Å². The summed E-state index contributed by atoms with van der Waals surface area (Å²) in [6.45, 7) is 2.35. The highest BCUT2D eigenvalue weighted by Crippen LogP contribution is 2.22. The Morgan fingerprint density at radius 1 is 1.16 bits per heavy atom. The van der Waals surface area contributed by atoms with E-state index in [0.29, 0.717) is 12.1 Å². The monoisotopic (exact) mass is 344 g/mol. The van der Waals surface area contributed by atoms with Crippen LogP contribution in [0.3, 0.4) is 0 Å². The molecule has 0 bridgehead atoms. The van der Waals surface area contributed by atoms with Gasteiger partial charge in [0.05, 0.1) is 11.7 Å². The number of hydrogen-bond donors (Lipinski definition) is 5. The van der Waals surface area contributed by atoms with Crippen LogP contribution in [-0.4, -0.2) is 33.8 Å². The van der Waals surface area contributed by atoms with Crippen molar-refractivity contribution in [1.82, 2.24) is 5.32 Å². The van der Waals surface area contributed by atoms with Gasteiger partial charge in [-0.05, 0) is 55.2 Å².